The number of carbonyl (C=O) groups is 1. The first-order valence-electron chi connectivity index (χ1n) is 9.53. The van der Waals surface area contributed by atoms with Gasteiger partial charge in [-0.25, -0.2) is 9.82 Å². The number of aryl methyl sites for hydroxylation is 2. The lowest BCUT2D eigenvalue weighted by Crippen LogP contribution is -2.19. The maximum Gasteiger partial charge on any atom is 0.271 e. The molecule has 1 aliphatic rings. The van der Waals surface area contributed by atoms with Crippen LogP contribution in [0.25, 0.3) is 0 Å². The molecule has 4 rings (SSSR count). The van der Waals surface area contributed by atoms with Crippen molar-refractivity contribution in [3.63, 3.8) is 0 Å². The lowest BCUT2D eigenvalue weighted by Gasteiger charge is -2.18. The number of carbonyl (C=O) groups excluding carboxylic acids is 1. The monoisotopic (exact) mass is 387 g/mol. The zero-order valence-corrected chi connectivity index (χ0v) is 16.4. The molecule has 3 aromatic carbocycles. The summed E-state index contributed by atoms with van der Waals surface area (Å²) in [6.45, 7) is 5.91. The van der Waals surface area contributed by atoms with Crippen molar-refractivity contribution >= 4 is 17.8 Å². The molecule has 0 aromatic heterocycles. The number of nitrogens with one attached hydrogen (secondary N) is 1. The highest BCUT2D eigenvalue weighted by Gasteiger charge is 2.20. The van der Waals surface area contributed by atoms with Crippen LogP contribution in [0.3, 0.4) is 0 Å². The lowest BCUT2D eigenvalue weighted by molar-refractivity contribution is 0.0955. The van der Waals surface area contributed by atoms with E-state index in [-0.39, 0.29) is 11.7 Å². The second-order valence-electron chi connectivity index (χ2n) is 7.33. The summed E-state index contributed by atoms with van der Waals surface area (Å²) in [6.07, 6.45) is 1.30. The highest BCUT2D eigenvalue weighted by atomic mass is 19.1. The van der Waals surface area contributed by atoms with E-state index in [0.29, 0.717) is 11.1 Å². The van der Waals surface area contributed by atoms with Crippen LogP contribution in [0.1, 0.15) is 38.2 Å². The Kier molecular flexibility index (Phi) is 5.12. The number of fused-ring (bicyclic) bond motifs is 1. The first-order valence-corrected chi connectivity index (χ1v) is 9.53. The number of nitrogens with zero attached hydrogens (tertiary/aromatic N) is 2. The van der Waals surface area contributed by atoms with E-state index in [4.69, 9.17) is 0 Å². The van der Waals surface area contributed by atoms with Gasteiger partial charge in [-0.2, -0.15) is 5.10 Å². The summed E-state index contributed by atoms with van der Waals surface area (Å²) in [7, 11) is 0. The quantitative estimate of drug-likeness (QED) is 0.520. The molecule has 0 atom stereocenters. The Labute approximate surface area is 169 Å². The van der Waals surface area contributed by atoms with Gasteiger partial charge in [0.15, 0.2) is 0 Å². The fraction of sp³-hybridized carbons (Fsp3) is 0.167. The van der Waals surface area contributed by atoms with E-state index in [0.717, 1.165) is 18.8 Å². The summed E-state index contributed by atoms with van der Waals surface area (Å²) in [4.78, 5) is 14.7. The maximum atomic E-state index is 13.6. The van der Waals surface area contributed by atoms with E-state index in [9.17, 15) is 9.18 Å². The van der Waals surface area contributed by atoms with Crippen LogP contribution in [0.5, 0.6) is 0 Å². The Bertz CT molecular complexity index is 1080. The molecule has 3 aromatic rings. The molecule has 4 nitrogen and oxygen atoms in total. The smallest absolute Gasteiger partial charge is 0.271 e. The number of hydrazone groups is 1. The zero-order valence-electron chi connectivity index (χ0n) is 16.4. The van der Waals surface area contributed by atoms with Crippen LogP contribution in [-0.2, 0) is 13.1 Å². The van der Waals surface area contributed by atoms with Gasteiger partial charge in [-0.15, -0.1) is 0 Å². The predicted molar refractivity (Wildman–Crippen MR) is 114 cm³/mol. The van der Waals surface area contributed by atoms with E-state index < -0.39 is 0 Å². The number of hydrogen-bond donors (Lipinski definition) is 1. The second-order valence-corrected chi connectivity index (χ2v) is 7.33. The first kappa shape index (κ1) is 18.9. The minimum atomic E-state index is -0.383. The molecule has 0 spiro atoms. The number of rotatable bonds is 4. The maximum absolute atomic E-state index is 13.6. The highest BCUT2D eigenvalue weighted by molar-refractivity contribution is 5.95. The van der Waals surface area contributed by atoms with Crippen LogP contribution in [-0.4, -0.2) is 12.1 Å². The third kappa shape index (κ3) is 4.04. The molecule has 1 N–H and O–H groups in total. The minimum absolute atomic E-state index is 0.321. The molecular weight excluding hydrogens is 365 g/mol. The predicted octanol–water partition coefficient (Wildman–Crippen LogP) is 4.73. The molecule has 29 heavy (non-hydrogen) atoms. The summed E-state index contributed by atoms with van der Waals surface area (Å²) in [6, 6.07) is 18.2. The molecule has 0 saturated carbocycles. The summed E-state index contributed by atoms with van der Waals surface area (Å²) < 4.78 is 13.6. The molecule has 1 amide bonds. The summed E-state index contributed by atoms with van der Waals surface area (Å²) in [5.41, 5.74) is 9.55. The Morgan fingerprint density at radius 3 is 2.38 bits per heavy atom. The number of halogens is 1. The summed E-state index contributed by atoms with van der Waals surface area (Å²) >= 11 is 0. The standard InChI is InChI=1S/C24H22FN3O/c1-16-10-20-14-28(15-21(20)11-17(16)2)22-8-5-7-18(12-22)24(29)27-26-13-19-6-3-4-9-23(19)25/h3-13H,14-15H2,1-2H3,(H,27,29)/b26-13-. The van der Waals surface area contributed by atoms with Crippen LogP contribution in [0.4, 0.5) is 10.1 Å². The summed E-state index contributed by atoms with van der Waals surface area (Å²) in [5, 5.41) is 3.88. The van der Waals surface area contributed by atoms with Crippen molar-refractivity contribution in [3.8, 4) is 0 Å². The molecular formula is C24H22FN3O. The van der Waals surface area contributed by atoms with Gasteiger partial charge < -0.3 is 4.90 Å². The Hall–Kier alpha value is -3.47. The van der Waals surface area contributed by atoms with Crippen molar-refractivity contribution in [2.45, 2.75) is 26.9 Å². The van der Waals surface area contributed by atoms with Gasteiger partial charge in [-0.1, -0.05) is 36.4 Å². The lowest BCUT2D eigenvalue weighted by atomic mass is 10.0. The molecule has 0 aliphatic carbocycles. The number of anilines is 1. The van der Waals surface area contributed by atoms with Gasteiger partial charge in [-0.05, 0) is 60.4 Å². The SMILES string of the molecule is Cc1cc2c(cc1C)CN(c1cccc(C(=O)N/N=C\c3ccccc3F)c1)C2. The van der Waals surface area contributed by atoms with Crippen LogP contribution < -0.4 is 10.3 Å². The third-order valence-corrected chi connectivity index (χ3v) is 5.29. The van der Waals surface area contributed by atoms with Crippen LogP contribution in [0.15, 0.2) is 65.8 Å². The van der Waals surface area contributed by atoms with Crippen molar-refractivity contribution in [2.24, 2.45) is 5.10 Å². The first-order chi connectivity index (χ1) is 14.0. The third-order valence-electron chi connectivity index (χ3n) is 5.29. The Morgan fingerprint density at radius 2 is 1.69 bits per heavy atom. The molecule has 1 heterocycles. The molecule has 0 bridgehead atoms. The Balaban J connectivity index is 1.46. The molecule has 0 radical (unpaired) electrons. The largest absolute Gasteiger partial charge is 0.363 e. The molecule has 146 valence electrons. The number of benzene rings is 3. The van der Waals surface area contributed by atoms with E-state index >= 15 is 0 Å². The van der Waals surface area contributed by atoms with Crippen molar-refractivity contribution in [1.29, 1.82) is 0 Å². The normalized spacial score (nSPS) is 13.0. The van der Waals surface area contributed by atoms with Crippen molar-refractivity contribution in [1.82, 2.24) is 5.43 Å². The fourth-order valence-electron chi connectivity index (χ4n) is 3.53. The average molecular weight is 387 g/mol. The summed E-state index contributed by atoms with van der Waals surface area (Å²) in [5.74, 6) is -0.714. The number of hydrogen-bond acceptors (Lipinski definition) is 3. The molecule has 1 aliphatic heterocycles. The molecule has 0 fully saturated rings. The van der Waals surface area contributed by atoms with E-state index in [1.165, 1.54) is 34.5 Å². The van der Waals surface area contributed by atoms with Gasteiger partial charge in [0.05, 0.1) is 6.21 Å². The average Bonchev–Trinajstić information content (AvgIpc) is 3.12. The van der Waals surface area contributed by atoms with Crippen LogP contribution >= 0.6 is 0 Å². The van der Waals surface area contributed by atoms with E-state index in [1.807, 2.05) is 18.2 Å². The van der Waals surface area contributed by atoms with Gasteiger partial charge >= 0.3 is 0 Å². The molecule has 0 saturated heterocycles. The zero-order chi connectivity index (χ0) is 20.4. The van der Waals surface area contributed by atoms with Gasteiger partial charge in [0, 0.05) is 29.9 Å². The van der Waals surface area contributed by atoms with E-state index in [2.05, 4.69) is 41.4 Å². The minimum Gasteiger partial charge on any atom is -0.363 e. The van der Waals surface area contributed by atoms with Gasteiger partial charge in [0.2, 0.25) is 0 Å². The molecule has 5 heteroatoms. The Morgan fingerprint density at radius 1 is 1.00 bits per heavy atom. The van der Waals surface area contributed by atoms with E-state index in [1.54, 1.807) is 24.3 Å². The van der Waals surface area contributed by atoms with Gasteiger partial charge in [0.1, 0.15) is 5.82 Å². The van der Waals surface area contributed by atoms with Crippen molar-refractivity contribution < 1.29 is 9.18 Å². The number of amides is 1. The van der Waals surface area contributed by atoms with Gasteiger partial charge in [0.25, 0.3) is 5.91 Å². The van der Waals surface area contributed by atoms with Crippen LogP contribution in [0.2, 0.25) is 0 Å². The fourth-order valence-corrected chi connectivity index (χ4v) is 3.53. The molecule has 0 unspecified atom stereocenters. The van der Waals surface area contributed by atoms with Crippen molar-refractivity contribution in [2.75, 3.05) is 4.90 Å². The second kappa shape index (κ2) is 7.87. The topological polar surface area (TPSA) is 44.7 Å². The van der Waals surface area contributed by atoms with Crippen molar-refractivity contribution in [3.05, 3.63) is 99.9 Å². The van der Waals surface area contributed by atoms with Crippen LogP contribution in [0, 0.1) is 19.7 Å². The highest BCUT2D eigenvalue weighted by Crippen LogP contribution is 2.30. The van der Waals surface area contributed by atoms with Gasteiger partial charge in [-0.3, -0.25) is 4.79 Å².